The summed E-state index contributed by atoms with van der Waals surface area (Å²) in [5, 5.41) is 5.71. The van der Waals surface area contributed by atoms with Crippen molar-refractivity contribution in [3.8, 4) is 11.5 Å². The van der Waals surface area contributed by atoms with Crippen LogP contribution in [0.4, 0.5) is 0 Å². The first-order valence-corrected chi connectivity index (χ1v) is 11.3. The van der Waals surface area contributed by atoms with Crippen LogP contribution in [-0.4, -0.2) is 38.6 Å². The number of carbonyl (C=O) groups is 2. The molecule has 6 heteroatoms. The van der Waals surface area contributed by atoms with Gasteiger partial charge in [-0.15, -0.1) is 0 Å². The van der Waals surface area contributed by atoms with Crippen molar-refractivity contribution in [1.82, 2.24) is 10.6 Å². The smallest absolute Gasteiger partial charge is 0.309 e. The van der Waals surface area contributed by atoms with E-state index in [0.717, 1.165) is 44.1 Å². The molecule has 1 saturated carbocycles. The van der Waals surface area contributed by atoms with E-state index in [1.807, 2.05) is 43.3 Å². The van der Waals surface area contributed by atoms with Crippen LogP contribution in [0.1, 0.15) is 50.2 Å². The summed E-state index contributed by atoms with van der Waals surface area (Å²) >= 11 is 0. The highest BCUT2D eigenvalue weighted by atomic mass is 16.5. The third-order valence-electron chi connectivity index (χ3n) is 6.44. The Morgan fingerprint density at radius 3 is 2.31 bits per heavy atom. The topological polar surface area (TPSA) is 76.7 Å². The van der Waals surface area contributed by atoms with E-state index < -0.39 is 11.8 Å². The van der Waals surface area contributed by atoms with Crippen molar-refractivity contribution in [2.45, 2.75) is 56.9 Å². The zero-order valence-electron chi connectivity index (χ0n) is 19.3. The van der Waals surface area contributed by atoms with Crippen molar-refractivity contribution in [3.05, 3.63) is 59.7 Å². The zero-order valence-corrected chi connectivity index (χ0v) is 19.3. The van der Waals surface area contributed by atoms with Crippen molar-refractivity contribution in [1.29, 1.82) is 0 Å². The standard InChI is InChI=1S/C26H34N2O4/c1-19(11-12-20-9-5-4-6-10-20)28-25(30)24(29)27-18-26(15-7-8-16-26)21-13-14-22(31-2)23(17-21)32-3/h4-6,9-10,13-14,17,19H,7-8,11-12,15-16,18H2,1-3H3,(H,27,29)(H,28,30). The van der Waals surface area contributed by atoms with Gasteiger partial charge in [0.15, 0.2) is 11.5 Å². The lowest BCUT2D eigenvalue weighted by Crippen LogP contribution is -2.47. The van der Waals surface area contributed by atoms with E-state index in [0.29, 0.717) is 18.0 Å². The maximum Gasteiger partial charge on any atom is 0.309 e. The summed E-state index contributed by atoms with van der Waals surface area (Å²) in [6, 6.07) is 16.0. The van der Waals surface area contributed by atoms with E-state index in [2.05, 4.69) is 22.8 Å². The highest BCUT2D eigenvalue weighted by Crippen LogP contribution is 2.43. The van der Waals surface area contributed by atoms with Crippen molar-refractivity contribution >= 4 is 11.8 Å². The van der Waals surface area contributed by atoms with Gasteiger partial charge in [-0.1, -0.05) is 49.2 Å². The second-order valence-corrected chi connectivity index (χ2v) is 8.64. The van der Waals surface area contributed by atoms with Gasteiger partial charge in [0.05, 0.1) is 14.2 Å². The summed E-state index contributed by atoms with van der Waals surface area (Å²) < 4.78 is 10.8. The van der Waals surface area contributed by atoms with Crippen LogP contribution in [0, 0.1) is 0 Å². The van der Waals surface area contributed by atoms with Crippen molar-refractivity contribution in [3.63, 3.8) is 0 Å². The molecule has 2 N–H and O–H groups in total. The Labute approximate surface area is 190 Å². The SMILES string of the molecule is COc1ccc(C2(CNC(=O)C(=O)NC(C)CCc3ccccc3)CCCC2)cc1OC. The summed E-state index contributed by atoms with van der Waals surface area (Å²) in [5.74, 6) is 0.194. The van der Waals surface area contributed by atoms with Crippen molar-refractivity contribution < 1.29 is 19.1 Å². The molecule has 2 aromatic rings. The number of ether oxygens (including phenoxy) is 2. The minimum Gasteiger partial charge on any atom is -0.493 e. The highest BCUT2D eigenvalue weighted by Gasteiger charge is 2.37. The Morgan fingerprint density at radius 1 is 0.969 bits per heavy atom. The van der Waals surface area contributed by atoms with Crippen molar-refractivity contribution in [2.75, 3.05) is 20.8 Å². The molecule has 1 fully saturated rings. The average molecular weight is 439 g/mol. The Balaban J connectivity index is 1.57. The number of nitrogens with one attached hydrogen (secondary N) is 2. The molecule has 0 heterocycles. The van der Waals surface area contributed by atoms with E-state index in [-0.39, 0.29) is 11.5 Å². The number of aryl methyl sites for hydroxylation is 1. The van der Waals surface area contributed by atoms with Gasteiger partial charge in [-0.2, -0.15) is 0 Å². The van der Waals surface area contributed by atoms with Crippen molar-refractivity contribution in [2.24, 2.45) is 0 Å². The molecule has 3 rings (SSSR count). The monoisotopic (exact) mass is 438 g/mol. The van der Waals surface area contributed by atoms with Gasteiger partial charge in [0.25, 0.3) is 0 Å². The lowest BCUT2D eigenvalue weighted by molar-refractivity contribution is -0.139. The molecule has 0 spiro atoms. The van der Waals surface area contributed by atoms with Gasteiger partial charge in [-0.05, 0) is 55.9 Å². The largest absolute Gasteiger partial charge is 0.493 e. The molecule has 1 aliphatic carbocycles. The van der Waals surface area contributed by atoms with Crippen LogP contribution < -0.4 is 20.1 Å². The fourth-order valence-corrected chi connectivity index (χ4v) is 4.50. The van der Waals surface area contributed by atoms with Crippen LogP contribution in [0.15, 0.2) is 48.5 Å². The van der Waals surface area contributed by atoms with Gasteiger partial charge >= 0.3 is 11.8 Å². The van der Waals surface area contributed by atoms with Gasteiger partial charge < -0.3 is 20.1 Å². The van der Waals surface area contributed by atoms with E-state index in [4.69, 9.17) is 9.47 Å². The summed E-state index contributed by atoms with van der Waals surface area (Å²) in [6.07, 6.45) is 5.72. The van der Waals surface area contributed by atoms with Gasteiger partial charge in [-0.3, -0.25) is 9.59 Å². The average Bonchev–Trinajstić information content (AvgIpc) is 3.31. The molecule has 0 saturated heterocycles. The first-order chi connectivity index (χ1) is 15.5. The summed E-state index contributed by atoms with van der Waals surface area (Å²) in [5.41, 5.74) is 2.12. The Kier molecular flexibility index (Phi) is 8.14. The Morgan fingerprint density at radius 2 is 1.66 bits per heavy atom. The fourth-order valence-electron chi connectivity index (χ4n) is 4.50. The number of rotatable bonds is 9. The molecule has 172 valence electrons. The normalized spacial score (nSPS) is 15.6. The molecule has 0 aromatic heterocycles. The van der Waals surface area contributed by atoms with Crippen LogP contribution in [0.5, 0.6) is 11.5 Å². The third kappa shape index (κ3) is 5.81. The highest BCUT2D eigenvalue weighted by molar-refractivity contribution is 6.35. The lowest BCUT2D eigenvalue weighted by atomic mass is 9.78. The molecule has 2 amide bonds. The second-order valence-electron chi connectivity index (χ2n) is 8.64. The molecule has 0 bridgehead atoms. The molecular weight excluding hydrogens is 404 g/mol. The summed E-state index contributed by atoms with van der Waals surface area (Å²) in [6.45, 7) is 2.35. The minimum absolute atomic E-state index is 0.0836. The van der Waals surface area contributed by atoms with Gasteiger partial charge in [0.1, 0.15) is 0 Å². The molecule has 0 aliphatic heterocycles. The predicted octanol–water partition coefficient (Wildman–Crippen LogP) is 3.77. The van der Waals surface area contributed by atoms with E-state index in [9.17, 15) is 9.59 Å². The van der Waals surface area contributed by atoms with E-state index in [1.165, 1.54) is 5.56 Å². The fraction of sp³-hybridized carbons (Fsp3) is 0.462. The Hall–Kier alpha value is -3.02. The van der Waals surface area contributed by atoms with E-state index in [1.54, 1.807) is 14.2 Å². The van der Waals surface area contributed by atoms with Crippen LogP contribution in [0.3, 0.4) is 0 Å². The summed E-state index contributed by atoms with van der Waals surface area (Å²) in [4.78, 5) is 25.0. The third-order valence-corrected chi connectivity index (χ3v) is 6.44. The molecule has 0 radical (unpaired) electrons. The number of benzene rings is 2. The molecule has 1 atom stereocenters. The minimum atomic E-state index is -0.580. The van der Waals surface area contributed by atoms with Crippen LogP contribution >= 0.6 is 0 Å². The van der Waals surface area contributed by atoms with Crippen LogP contribution in [0.25, 0.3) is 0 Å². The van der Waals surface area contributed by atoms with Gasteiger partial charge in [0, 0.05) is 18.0 Å². The number of hydrogen-bond acceptors (Lipinski definition) is 4. The quantitative estimate of drug-likeness (QED) is 0.585. The molecular formula is C26H34N2O4. The molecule has 32 heavy (non-hydrogen) atoms. The van der Waals surface area contributed by atoms with Crippen LogP contribution in [0.2, 0.25) is 0 Å². The molecule has 6 nitrogen and oxygen atoms in total. The number of hydrogen-bond donors (Lipinski definition) is 2. The molecule has 1 aliphatic rings. The molecule has 1 unspecified atom stereocenters. The van der Waals surface area contributed by atoms with Gasteiger partial charge in [-0.25, -0.2) is 0 Å². The second kappa shape index (κ2) is 11.0. The van der Waals surface area contributed by atoms with Gasteiger partial charge in [0.2, 0.25) is 0 Å². The summed E-state index contributed by atoms with van der Waals surface area (Å²) in [7, 11) is 3.23. The number of carbonyl (C=O) groups excluding carboxylic acids is 2. The van der Waals surface area contributed by atoms with Crippen LogP contribution in [-0.2, 0) is 21.4 Å². The predicted molar refractivity (Wildman–Crippen MR) is 125 cm³/mol. The zero-order chi connectivity index (χ0) is 23.0. The first-order valence-electron chi connectivity index (χ1n) is 11.3. The van der Waals surface area contributed by atoms with E-state index >= 15 is 0 Å². The lowest BCUT2D eigenvalue weighted by Gasteiger charge is -2.30. The molecule has 2 aromatic carbocycles. The first kappa shape index (κ1) is 23.6. The number of methoxy groups -OCH3 is 2. The number of amides is 2. The Bertz CT molecular complexity index is 907. The maximum absolute atomic E-state index is 12.5. The maximum atomic E-state index is 12.5.